The Bertz CT molecular complexity index is 861. The number of halogens is 3. The zero-order chi connectivity index (χ0) is 21.7. The van der Waals surface area contributed by atoms with Gasteiger partial charge in [-0.1, -0.05) is 60.7 Å². The van der Waals surface area contributed by atoms with E-state index in [1.165, 1.54) is 12.1 Å². The topological polar surface area (TPSA) is 62.1 Å². The Morgan fingerprint density at radius 3 is 2.00 bits per heavy atom. The molecule has 2 aromatic rings. The van der Waals surface area contributed by atoms with Crippen LogP contribution < -0.4 is 5.32 Å². The van der Waals surface area contributed by atoms with E-state index in [4.69, 9.17) is 4.74 Å². The summed E-state index contributed by atoms with van der Waals surface area (Å²) >= 11 is -0.466. The Morgan fingerprint density at radius 1 is 1.03 bits per heavy atom. The molecule has 2 atom stereocenters. The lowest BCUT2D eigenvalue weighted by Gasteiger charge is -2.36. The van der Waals surface area contributed by atoms with Crippen molar-refractivity contribution in [1.82, 2.24) is 5.32 Å². The molecule has 0 heterocycles. The molecule has 0 saturated heterocycles. The van der Waals surface area contributed by atoms with Crippen molar-refractivity contribution in [2.45, 2.75) is 42.7 Å². The number of ether oxygens (including phenoxy) is 1. The number of carbonyl (C=O) groups is 1. The zero-order valence-electron chi connectivity index (χ0n) is 16.2. The van der Waals surface area contributed by atoms with Crippen LogP contribution in [0.15, 0.2) is 60.7 Å². The van der Waals surface area contributed by atoms with E-state index in [-0.39, 0.29) is 5.56 Å². The Labute approximate surface area is 172 Å². The van der Waals surface area contributed by atoms with E-state index in [0.29, 0.717) is 5.56 Å². The Balaban J connectivity index is 2.64. The summed E-state index contributed by atoms with van der Waals surface area (Å²) in [6, 6.07) is 16.2. The number of amides is 1. The second-order valence-corrected chi connectivity index (χ2v) is 8.56. The smallest absolute Gasteiger partial charge is 0.443 e. The highest BCUT2D eigenvalue weighted by Gasteiger charge is 2.52. The van der Waals surface area contributed by atoms with E-state index in [0.717, 1.165) is 0 Å². The number of thioether (sulfide) groups is 1. The van der Waals surface area contributed by atoms with Crippen LogP contribution in [-0.4, -0.2) is 17.2 Å². The van der Waals surface area contributed by atoms with Crippen molar-refractivity contribution in [3.8, 4) is 6.07 Å². The molecule has 2 aromatic carbocycles. The predicted octanol–water partition coefficient (Wildman–Crippen LogP) is 5.92. The van der Waals surface area contributed by atoms with Gasteiger partial charge in [-0.3, -0.25) is 0 Å². The molecule has 1 amide bonds. The fourth-order valence-electron chi connectivity index (χ4n) is 2.80. The highest BCUT2D eigenvalue weighted by molar-refractivity contribution is 8.01. The summed E-state index contributed by atoms with van der Waals surface area (Å²) in [5, 5.41) is 12.5. The van der Waals surface area contributed by atoms with Crippen LogP contribution in [0.3, 0.4) is 0 Å². The van der Waals surface area contributed by atoms with Gasteiger partial charge in [0.05, 0.1) is 12.1 Å². The fourth-order valence-corrected chi connectivity index (χ4v) is 3.77. The van der Waals surface area contributed by atoms with Crippen LogP contribution in [0.1, 0.15) is 37.9 Å². The Morgan fingerprint density at radius 2 is 1.55 bits per heavy atom. The molecule has 4 nitrogen and oxygen atoms in total. The van der Waals surface area contributed by atoms with E-state index in [9.17, 15) is 23.2 Å². The van der Waals surface area contributed by atoms with Gasteiger partial charge < -0.3 is 10.1 Å². The molecule has 29 heavy (non-hydrogen) atoms. The second-order valence-electron chi connectivity index (χ2n) is 7.25. The lowest BCUT2D eigenvalue weighted by atomic mass is 9.87. The molecule has 0 radical (unpaired) electrons. The first kappa shape index (κ1) is 22.6. The number of carbonyl (C=O) groups excluding carboxylic acids is 1. The third kappa shape index (κ3) is 6.16. The maximum Gasteiger partial charge on any atom is 0.443 e. The molecular weight excluding hydrogens is 401 g/mol. The normalized spacial score (nSPS) is 14.9. The van der Waals surface area contributed by atoms with Crippen LogP contribution in [0.2, 0.25) is 0 Å². The molecule has 8 heteroatoms. The Hall–Kier alpha value is -2.66. The van der Waals surface area contributed by atoms with Crippen molar-refractivity contribution in [3.63, 3.8) is 0 Å². The highest BCUT2D eigenvalue weighted by atomic mass is 32.2. The summed E-state index contributed by atoms with van der Waals surface area (Å²) < 4.78 is 43.8. The standard InChI is InChI=1S/C21H21F3N2O2S/c1-19(2,3)28-18(27)26-17(15-10-6-4-7-11-15)20(14-25,29-21(22,23)24)16-12-8-5-9-13-16/h4-13,17H,1-3H3,(H,26,27)/t17-,20+/m1/s1. The predicted molar refractivity (Wildman–Crippen MR) is 106 cm³/mol. The molecule has 1 N–H and O–H groups in total. The molecule has 0 aliphatic rings. The van der Waals surface area contributed by atoms with E-state index in [2.05, 4.69) is 5.32 Å². The number of nitrogens with zero attached hydrogens (tertiary/aromatic N) is 1. The van der Waals surface area contributed by atoms with Crippen LogP contribution in [-0.2, 0) is 9.48 Å². The molecule has 0 aliphatic carbocycles. The van der Waals surface area contributed by atoms with Crippen LogP contribution in [0.25, 0.3) is 0 Å². The van der Waals surface area contributed by atoms with Gasteiger partial charge in [-0.25, -0.2) is 4.79 Å². The van der Waals surface area contributed by atoms with Crippen molar-refractivity contribution < 1.29 is 22.7 Å². The van der Waals surface area contributed by atoms with Crippen LogP contribution in [0.5, 0.6) is 0 Å². The Kier molecular flexibility index (Phi) is 6.85. The molecule has 0 aliphatic heterocycles. The summed E-state index contributed by atoms with van der Waals surface area (Å²) in [6.07, 6.45) is -0.912. The van der Waals surface area contributed by atoms with Gasteiger partial charge in [0, 0.05) is 0 Å². The number of hydrogen-bond acceptors (Lipinski definition) is 4. The van der Waals surface area contributed by atoms with Gasteiger partial charge >= 0.3 is 11.6 Å². The maximum atomic E-state index is 13.6. The lowest BCUT2D eigenvalue weighted by molar-refractivity contribution is -0.0344. The third-order valence-corrected chi connectivity index (χ3v) is 4.96. The average Bonchev–Trinajstić information content (AvgIpc) is 2.63. The first-order valence-corrected chi connectivity index (χ1v) is 9.57. The summed E-state index contributed by atoms with van der Waals surface area (Å²) in [6.45, 7) is 4.93. The molecule has 0 spiro atoms. The van der Waals surface area contributed by atoms with Crippen molar-refractivity contribution >= 4 is 17.9 Å². The minimum Gasteiger partial charge on any atom is -0.444 e. The van der Waals surface area contributed by atoms with Gasteiger partial charge in [-0.2, -0.15) is 18.4 Å². The molecule has 0 saturated carbocycles. The zero-order valence-corrected chi connectivity index (χ0v) is 17.0. The maximum absolute atomic E-state index is 13.6. The number of alkyl carbamates (subject to hydrolysis) is 1. The molecule has 0 bridgehead atoms. The minimum absolute atomic E-state index is 0.120. The molecule has 0 unspecified atom stereocenters. The first-order valence-electron chi connectivity index (χ1n) is 8.75. The average molecular weight is 422 g/mol. The van der Waals surface area contributed by atoms with Crippen molar-refractivity contribution in [3.05, 3.63) is 71.8 Å². The molecule has 2 rings (SSSR count). The second kappa shape index (κ2) is 8.78. The fraction of sp³-hybridized carbons (Fsp3) is 0.333. The quantitative estimate of drug-likeness (QED) is 0.649. The van der Waals surface area contributed by atoms with E-state index in [1.54, 1.807) is 69.3 Å². The monoisotopic (exact) mass is 422 g/mol. The van der Waals surface area contributed by atoms with Crippen LogP contribution in [0.4, 0.5) is 18.0 Å². The molecular formula is C21H21F3N2O2S. The van der Waals surface area contributed by atoms with Gasteiger partial charge in [-0.05, 0) is 43.7 Å². The van der Waals surface area contributed by atoms with E-state index < -0.39 is 39.8 Å². The van der Waals surface area contributed by atoms with Gasteiger partial charge in [0.15, 0.2) is 4.75 Å². The van der Waals surface area contributed by atoms with Gasteiger partial charge in [0.2, 0.25) is 0 Å². The van der Waals surface area contributed by atoms with Crippen molar-refractivity contribution in [2.75, 3.05) is 0 Å². The first-order chi connectivity index (χ1) is 13.5. The van der Waals surface area contributed by atoms with Crippen LogP contribution in [0, 0.1) is 11.3 Å². The largest absolute Gasteiger partial charge is 0.444 e. The third-order valence-electron chi connectivity index (χ3n) is 3.85. The minimum atomic E-state index is -4.73. The van der Waals surface area contributed by atoms with Gasteiger partial charge in [0.25, 0.3) is 0 Å². The number of rotatable bonds is 5. The lowest BCUT2D eigenvalue weighted by Crippen LogP contribution is -2.44. The molecule has 0 aromatic heterocycles. The number of alkyl halides is 3. The highest BCUT2D eigenvalue weighted by Crippen LogP contribution is 2.53. The summed E-state index contributed by atoms with van der Waals surface area (Å²) in [5.41, 5.74) is -5.12. The number of hydrogen-bond donors (Lipinski definition) is 1. The van der Waals surface area contributed by atoms with Crippen molar-refractivity contribution in [2.24, 2.45) is 0 Å². The van der Waals surface area contributed by atoms with Gasteiger partial charge in [-0.15, -0.1) is 0 Å². The van der Waals surface area contributed by atoms with E-state index >= 15 is 0 Å². The number of nitriles is 1. The molecule has 0 fully saturated rings. The SMILES string of the molecule is CC(C)(C)OC(=O)N[C@H](c1ccccc1)[C@@](C#N)(SC(F)(F)F)c1ccccc1. The van der Waals surface area contributed by atoms with Crippen LogP contribution >= 0.6 is 11.8 Å². The summed E-state index contributed by atoms with van der Waals surface area (Å²) in [7, 11) is 0. The van der Waals surface area contributed by atoms with Gasteiger partial charge in [0.1, 0.15) is 5.60 Å². The number of nitrogens with one attached hydrogen (secondary N) is 1. The summed E-state index contributed by atoms with van der Waals surface area (Å²) in [5.74, 6) is 0. The summed E-state index contributed by atoms with van der Waals surface area (Å²) in [4.78, 5) is 12.5. The number of benzene rings is 2. The molecule has 154 valence electrons. The van der Waals surface area contributed by atoms with E-state index in [1.807, 2.05) is 6.07 Å². The van der Waals surface area contributed by atoms with Crippen molar-refractivity contribution in [1.29, 1.82) is 5.26 Å².